The number of ketones is 1. The first kappa shape index (κ1) is 19.2. The number of furan rings is 1. The van der Waals surface area contributed by atoms with Crippen molar-refractivity contribution in [3.8, 4) is 0 Å². The molecule has 4 aliphatic rings. The maximum absolute atomic E-state index is 12.9. The van der Waals surface area contributed by atoms with Crippen LogP contribution in [0.2, 0.25) is 0 Å². The Balaban J connectivity index is 1.54. The lowest BCUT2D eigenvalue weighted by atomic mass is 9.49. The normalized spacial score (nSPS) is 30.3. The SMILES string of the molecule is CCOC(=O)c1c(NC(=O)CC23CC4CC(CC(C4)C2)C3)oc(C)c1C(C)=O. The number of nitrogens with one attached hydrogen (secondary N) is 1. The highest BCUT2D eigenvalue weighted by Crippen LogP contribution is 2.61. The van der Waals surface area contributed by atoms with Gasteiger partial charge in [0.05, 0.1) is 12.2 Å². The summed E-state index contributed by atoms with van der Waals surface area (Å²) < 4.78 is 10.7. The van der Waals surface area contributed by atoms with Crippen molar-refractivity contribution in [1.29, 1.82) is 0 Å². The Kier molecular flexibility index (Phi) is 4.84. The third-order valence-electron chi connectivity index (χ3n) is 6.87. The molecule has 4 bridgehead atoms. The maximum Gasteiger partial charge on any atom is 0.344 e. The first-order valence-electron chi connectivity index (χ1n) is 10.4. The highest BCUT2D eigenvalue weighted by Gasteiger charge is 2.51. The van der Waals surface area contributed by atoms with Crippen LogP contribution in [0.5, 0.6) is 0 Å². The van der Waals surface area contributed by atoms with Gasteiger partial charge in [-0.1, -0.05) is 0 Å². The topological polar surface area (TPSA) is 85.6 Å². The van der Waals surface area contributed by atoms with Gasteiger partial charge in [-0.3, -0.25) is 14.9 Å². The molecule has 0 aliphatic heterocycles. The number of hydrogen-bond donors (Lipinski definition) is 1. The predicted octanol–water partition coefficient (Wildman–Crippen LogP) is 4.51. The van der Waals surface area contributed by atoms with E-state index in [9.17, 15) is 14.4 Å². The summed E-state index contributed by atoms with van der Waals surface area (Å²) in [6.07, 6.45) is 7.83. The molecule has 152 valence electrons. The largest absolute Gasteiger partial charge is 0.462 e. The summed E-state index contributed by atoms with van der Waals surface area (Å²) in [6.45, 7) is 4.88. The maximum atomic E-state index is 12.9. The van der Waals surface area contributed by atoms with Crippen LogP contribution in [0.1, 0.15) is 85.3 Å². The third-order valence-corrected chi connectivity index (χ3v) is 6.87. The van der Waals surface area contributed by atoms with Crippen LogP contribution in [-0.2, 0) is 9.53 Å². The molecule has 0 saturated heterocycles. The van der Waals surface area contributed by atoms with Crippen LogP contribution in [-0.4, -0.2) is 24.3 Å². The molecule has 1 heterocycles. The first-order valence-corrected chi connectivity index (χ1v) is 10.4. The fourth-order valence-corrected chi connectivity index (χ4v) is 6.47. The predicted molar refractivity (Wildman–Crippen MR) is 103 cm³/mol. The number of carbonyl (C=O) groups is 3. The Labute approximate surface area is 165 Å². The molecule has 0 radical (unpaired) electrons. The van der Waals surface area contributed by atoms with E-state index in [2.05, 4.69) is 5.32 Å². The molecule has 4 aliphatic carbocycles. The number of Topliss-reactive ketones (excluding diaryl/α,β-unsaturated/α-hetero) is 1. The number of rotatable bonds is 6. The minimum Gasteiger partial charge on any atom is -0.462 e. The minimum atomic E-state index is -0.644. The molecule has 4 fully saturated rings. The molecule has 1 amide bonds. The van der Waals surface area contributed by atoms with Crippen molar-refractivity contribution in [1.82, 2.24) is 0 Å². The number of carbonyl (C=O) groups excluding carboxylic acids is 3. The van der Waals surface area contributed by atoms with E-state index in [4.69, 9.17) is 9.15 Å². The molecule has 0 spiro atoms. The Morgan fingerprint density at radius 2 is 1.64 bits per heavy atom. The van der Waals surface area contributed by atoms with Crippen LogP contribution >= 0.6 is 0 Å². The van der Waals surface area contributed by atoms with E-state index in [1.807, 2.05) is 0 Å². The lowest BCUT2D eigenvalue weighted by molar-refractivity contribution is -0.124. The average molecular weight is 387 g/mol. The lowest BCUT2D eigenvalue weighted by Crippen LogP contribution is -2.47. The van der Waals surface area contributed by atoms with Crippen molar-refractivity contribution in [3.63, 3.8) is 0 Å². The highest BCUT2D eigenvalue weighted by atomic mass is 16.5. The van der Waals surface area contributed by atoms with E-state index in [1.165, 1.54) is 26.2 Å². The van der Waals surface area contributed by atoms with E-state index < -0.39 is 5.97 Å². The van der Waals surface area contributed by atoms with Gasteiger partial charge in [0.25, 0.3) is 0 Å². The molecule has 5 rings (SSSR count). The second-order valence-electron chi connectivity index (χ2n) is 9.16. The van der Waals surface area contributed by atoms with E-state index >= 15 is 0 Å². The van der Waals surface area contributed by atoms with E-state index in [1.54, 1.807) is 13.8 Å². The number of anilines is 1. The lowest BCUT2D eigenvalue weighted by Gasteiger charge is -2.56. The summed E-state index contributed by atoms with van der Waals surface area (Å²) in [6, 6.07) is 0. The molecular weight excluding hydrogens is 358 g/mol. The summed E-state index contributed by atoms with van der Waals surface area (Å²) in [5, 5.41) is 2.78. The Morgan fingerprint density at radius 1 is 1.07 bits per heavy atom. The van der Waals surface area contributed by atoms with Crippen molar-refractivity contribution in [2.24, 2.45) is 23.2 Å². The molecule has 6 nitrogen and oxygen atoms in total. The van der Waals surface area contributed by atoms with Gasteiger partial charge in [0.1, 0.15) is 11.3 Å². The molecule has 0 unspecified atom stereocenters. The fraction of sp³-hybridized carbons (Fsp3) is 0.682. The quantitative estimate of drug-likeness (QED) is 0.573. The van der Waals surface area contributed by atoms with Crippen LogP contribution in [0.4, 0.5) is 5.88 Å². The monoisotopic (exact) mass is 387 g/mol. The van der Waals surface area contributed by atoms with Crippen molar-refractivity contribution in [2.75, 3.05) is 11.9 Å². The number of amides is 1. The average Bonchev–Trinajstić information content (AvgIpc) is 2.89. The standard InChI is InChI=1S/C22H29NO5/c1-4-27-21(26)19-18(12(2)24)13(3)28-20(19)23-17(25)11-22-8-14-5-15(9-22)7-16(6-14)10-22/h14-16H,4-11H2,1-3H3,(H,23,25). The van der Waals surface area contributed by atoms with Gasteiger partial charge in [0.2, 0.25) is 11.8 Å². The molecule has 0 atom stereocenters. The van der Waals surface area contributed by atoms with Crippen LogP contribution in [0.15, 0.2) is 4.42 Å². The van der Waals surface area contributed by atoms with Gasteiger partial charge in [-0.25, -0.2) is 4.79 Å². The van der Waals surface area contributed by atoms with Gasteiger partial charge in [-0.05, 0) is 82.5 Å². The van der Waals surface area contributed by atoms with Crippen molar-refractivity contribution < 1.29 is 23.5 Å². The Morgan fingerprint density at radius 3 is 2.14 bits per heavy atom. The summed E-state index contributed by atoms with van der Waals surface area (Å²) >= 11 is 0. The molecular formula is C22H29NO5. The zero-order valence-corrected chi connectivity index (χ0v) is 16.9. The smallest absolute Gasteiger partial charge is 0.344 e. The Hall–Kier alpha value is -2.11. The van der Waals surface area contributed by atoms with E-state index in [0.29, 0.717) is 12.2 Å². The molecule has 6 heteroatoms. The Bertz CT molecular complexity index is 786. The summed E-state index contributed by atoms with van der Waals surface area (Å²) in [5.41, 5.74) is 0.308. The van der Waals surface area contributed by atoms with Crippen LogP contribution in [0.3, 0.4) is 0 Å². The van der Waals surface area contributed by atoms with Gasteiger partial charge >= 0.3 is 5.97 Å². The second-order valence-corrected chi connectivity index (χ2v) is 9.16. The van der Waals surface area contributed by atoms with Gasteiger partial charge in [-0.2, -0.15) is 0 Å². The van der Waals surface area contributed by atoms with Crippen LogP contribution < -0.4 is 5.32 Å². The zero-order chi connectivity index (χ0) is 20.1. The molecule has 4 saturated carbocycles. The highest BCUT2D eigenvalue weighted by molar-refractivity contribution is 6.10. The summed E-state index contributed by atoms with van der Waals surface area (Å²) in [7, 11) is 0. The number of aryl methyl sites for hydroxylation is 1. The summed E-state index contributed by atoms with van der Waals surface area (Å²) in [4.78, 5) is 37.3. The van der Waals surface area contributed by atoms with Gasteiger partial charge in [-0.15, -0.1) is 0 Å². The first-order chi connectivity index (χ1) is 13.3. The van der Waals surface area contributed by atoms with Crippen molar-refractivity contribution >= 4 is 23.5 Å². The zero-order valence-electron chi connectivity index (χ0n) is 16.9. The van der Waals surface area contributed by atoms with Gasteiger partial charge in [0, 0.05) is 6.42 Å². The van der Waals surface area contributed by atoms with Gasteiger partial charge in [0.15, 0.2) is 5.78 Å². The second kappa shape index (κ2) is 7.05. The molecule has 28 heavy (non-hydrogen) atoms. The molecule has 0 aromatic carbocycles. The molecule has 1 N–H and O–H groups in total. The third kappa shape index (κ3) is 3.38. The van der Waals surface area contributed by atoms with Gasteiger partial charge < -0.3 is 9.15 Å². The van der Waals surface area contributed by atoms with Crippen LogP contribution in [0, 0.1) is 30.1 Å². The minimum absolute atomic E-state index is 0.0331. The van der Waals surface area contributed by atoms with Crippen molar-refractivity contribution in [2.45, 2.75) is 65.7 Å². The van der Waals surface area contributed by atoms with E-state index in [-0.39, 0.29) is 40.7 Å². The van der Waals surface area contributed by atoms with E-state index in [0.717, 1.165) is 37.0 Å². The van der Waals surface area contributed by atoms with Crippen LogP contribution in [0.25, 0.3) is 0 Å². The molecule has 1 aromatic rings. The van der Waals surface area contributed by atoms with Crippen molar-refractivity contribution in [3.05, 3.63) is 16.9 Å². The number of hydrogen-bond acceptors (Lipinski definition) is 5. The fourth-order valence-electron chi connectivity index (χ4n) is 6.47. The number of ether oxygens (including phenoxy) is 1. The molecule has 1 aromatic heterocycles. The summed E-state index contributed by atoms with van der Waals surface area (Å²) in [5.74, 6) is 1.59. The number of esters is 1.